The Labute approximate surface area is 135 Å². The topological polar surface area (TPSA) is 217 Å². The van der Waals surface area contributed by atoms with E-state index in [1.165, 1.54) is 0 Å². The fraction of sp³-hybridized carbons (Fsp3) is 0.500. The highest BCUT2D eigenvalue weighted by atomic mass is 31.2. The maximum absolute atomic E-state index is 11.3. The molecule has 0 radical (unpaired) electrons. The summed E-state index contributed by atoms with van der Waals surface area (Å²) < 4.78 is 27.6. The van der Waals surface area contributed by atoms with Gasteiger partial charge in [-0.3, -0.25) is 14.1 Å². The van der Waals surface area contributed by atoms with Gasteiger partial charge in [0.1, 0.15) is 35.9 Å². The van der Waals surface area contributed by atoms with Crippen LogP contribution in [-0.2, 0) is 18.6 Å². The number of nitrogens with zero attached hydrogens (tertiary/aromatic N) is 1. The molecule has 1 aromatic heterocycles. The lowest BCUT2D eigenvalue weighted by molar-refractivity contribution is -0.118. The number of nitrogens with one attached hydrogen (secondary N) is 2. The van der Waals surface area contributed by atoms with E-state index in [0.717, 1.165) is 6.20 Å². The van der Waals surface area contributed by atoms with Gasteiger partial charge in [0, 0.05) is 0 Å². The van der Waals surface area contributed by atoms with Gasteiger partial charge in [-0.2, -0.15) is 0 Å². The number of aromatic nitrogens is 2. The number of phosphoric acid groups is 1. The highest BCUT2D eigenvalue weighted by molar-refractivity contribution is 7.46. The Morgan fingerprint density at radius 1 is 1.62 bits per heavy atom. The lowest BCUT2D eigenvalue weighted by Gasteiger charge is -2.25. The van der Waals surface area contributed by atoms with E-state index in [1.54, 1.807) is 0 Å². The number of rotatable bonds is 8. The Morgan fingerprint density at radius 2 is 2.33 bits per heavy atom. The van der Waals surface area contributed by atoms with E-state index in [1.807, 2.05) is 5.32 Å². The first-order valence-electron chi connectivity index (χ1n) is 6.83. The summed E-state index contributed by atoms with van der Waals surface area (Å²) in [6.45, 7) is 0. The zero-order chi connectivity index (χ0) is 18.8. The van der Waals surface area contributed by atoms with Crippen LogP contribution >= 0.6 is 7.82 Å². The number of imidazole rings is 1. The minimum Gasteiger partial charge on any atom is -0.387 e. The van der Waals surface area contributed by atoms with Gasteiger partial charge < -0.3 is 40.8 Å². The quantitative estimate of drug-likeness (QED) is 0.139. The van der Waals surface area contributed by atoms with Gasteiger partial charge >= 0.3 is 7.82 Å². The van der Waals surface area contributed by atoms with Gasteiger partial charge in [-0.25, -0.2) is 9.55 Å². The normalized spacial score (nSPS) is 31.0. The fourth-order valence-corrected chi connectivity index (χ4v) is 2.65. The van der Waals surface area contributed by atoms with Gasteiger partial charge in [0.25, 0.3) is 5.91 Å². The number of amides is 2. The molecule has 1 aliphatic rings. The number of carbonyl (C=O) groups is 2. The number of aromatic amines is 1. The number of aliphatic hydroxyl groups excluding tert-OH is 2. The molecule has 8 N–H and O–H groups in total. The van der Waals surface area contributed by atoms with Crippen molar-refractivity contribution in [1.82, 2.24) is 15.3 Å². The van der Waals surface area contributed by atoms with E-state index < -0.39 is 44.4 Å². The third kappa shape index (κ3) is 3.96. The minimum absolute atomic E-state index is 0.0587. The molecule has 14 heteroatoms. The van der Waals surface area contributed by atoms with Crippen molar-refractivity contribution < 1.29 is 43.4 Å². The van der Waals surface area contributed by atoms with Gasteiger partial charge in [0.2, 0.25) is 7.84 Å². The molecule has 0 aromatic carbocycles. The van der Waals surface area contributed by atoms with Crippen molar-refractivity contribution in [3.05, 3.63) is 17.7 Å². The van der Waals surface area contributed by atoms with Crippen LogP contribution in [0, 0.1) is 0 Å². The first kappa shape index (κ1) is 17.0. The molecule has 0 bridgehead atoms. The number of nitrogens with two attached hydrogens (primary N) is 1. The summed E-state index contributed by atoms with van der Waals surface area (Å²) in [5.41, 5.74) is 4.99. The second kappa shape index (κ2) is 6.94. The molecule has 0 aliphatic carbocycles. The van der Waals surface area contributed by atoms with Crippen molar-refractivity contribution in [3.8, 4) is 0 Å². The maximum Gasteiger partial charge on any atom is 0.471 e. The number of ether oxygens (including phenoxy) is 1. The zero-order valence-electron chi connectivity index (χ0n) is 12.8. The molecule has 134 valence electrons. The molecule has 1 fully saturated rings. The second-order valence-electron chi connectivity index (χ2n) is 4.83. The molecule has 0 saturated carbocycles. The molecule has 24 heavy (non-hydrogen) atoms. The van der Waals surface area contributed by atoms with Gasteiger partial charge in [-0.1, -0.05) is 0 Å². The monoisotopic (exact) mass is 367 g/mol. The Bertz CT molecular complexity index is 687. The van der Waals surface area contributed by atoms with E-state index in [-0.39, 0.29) is 17.9 Å². The highest BCUT2D eigenvalue weighted by Crippen LogP contribution is 2.41. The standard InChI is InChI=1S/C10H15N4O9P/c11-8(18)3-1-12-9(14-3)6-4(16)5(17)7(22-6)10(13-2-15)23-24(19,20)21/h1-2,4-7,10,16-17H,(H2,11,18)(H,12,14)(H,13,15)(H2,19,20,21)/t4-,5+,6-,7+,10?/m1/s1/i/hD. The molecule has 1 aliphatic heterocycles. The van der Waals surface area contributed by atoms with E-state index >= 15 is 0 Å². The van der Waals surface area contributed by atoms with Crippen LogP contribution in [0.25, 0.3) is 0 Å². The van der Waals surface area contributed by atoms with Crippen LogP contribution in [0.5, 0.6) is 0 Å². The average molecular weight is 367 g/mol. The smallest absolute Gasteiger partial charge is 0.387 e. The molecule has 13 nitrogen and oxygen atoms in total. The molecule has 2 amide bonds. The molecular formula is C10H15N4O9P. The molecule has 0 spiro atoms. The Balaban J connectivity index is 2.22. The summed E-state index contributed by atoms with van der Waals surface area (Å²) in [5.74, 6) is -0.877. The number of aliphatic hydroxyl groups is 2. The van der Waals surface area contributed by atoms with Crippen molar-refractivity contribution in [3.63, 3.8) is 0 Å². The van der Waals surface area contributed by atoms with Gasteiger partial charge in [0.05, 0.1) is 6.20 Å². The molecule has 2 heterocycles. The number of primary amides is 1. The van der Waals surface area contributed by atoms with Gasteiger partial charge in [-0.15, -0.1) is 0 Å². The summed E-state index contributed by atoms with van der Waals surface area (Å²) in [5, 5.41) is 22.1. The lowest BCUT2D eigenvalue weighted by Crippen LogP contribution is -2.47. The number of hydrogen-bond acceptors (Lipinski definition) is 9. The largest absolute Gasteiger partial charge is 0.471 e. The van der Waals surface area contributed by atoms with Gasteiger partial charge in [-0.05, 0) is 0 Å². The number of hydrogen-bond donors (Lipinski definition) is 7. The summed E-state index contributed by atoms with van der Waals surface area (Å²) >= 11 is 0. The van der Waals surface area contributed by atoms with E-state index in [4.69, 9.17) is 11.9 Å². The first-order chi connectivity index (χ1) is 11.7. The van der Waals surface area contributed by atoms with Crippen molar-refractivity contribution >= 4 is 20.1 Å². The van der Waals surface area contributed by atoms with Crippen molar-refractivity contribution in [2.75, 3.05) is 0 Å². The van der Waals surface area contributed by atoms with Crippen LogP contribution in [-0.4, -0.2) is 68.3 Å². The molecule has 2 rings (SSSR count). The van der Waals surface area contributed by atoms with Crippen LogP contribution in [0.1, 0.15) is 22.4 Å². The zero-order valence-corrected chi connectivity index (χ0v) is 12.7. The van der Waals surface area contributed by atoms with Crippen LogP contribution in [0.2, 0.25) is 0 Å². The third-order valence-electron chi connectivity index (χ3n) is 3.21. The Hall–Kier alpha value is -1.86. The van der Waals surface area contributed by atoms with Crippen molar-refractivity contribution in [1.29, 1.82) is 1.43 Å². The van der Waals surface area contributed by atoms with Crippen LogP contribution in [0.3, 0.4) is 0 Å². The lowest BCUT2D eigenvalue weighted by atomic mass is 10.1. The molecule has 2 unspecified atom stereocenters. The van der Waals surface area contributed by atoms with Gasteiger partial charge in [0.15, 0.2) is 6.23 Å². The van der Waals surface area contributed by atoms with Crippen molar-refractivity contribution in [2.45, 2.75) is 30.6 Å². The van der Waals surface area contributed by atoms with E-state index in [9.17, 15) is 29.3 Å². The van der Waals surface area contributed by atoms with Crippen LogP contribution in [0.4, 0.5) is 0 Å². The van der Waals surface area contributed by atoms with E-state index in [2.05, 4.69) is 19.4 Å². The Morgan fingerprint density at radius 3 is 2.88 bits per heavy atom. The first-order valence-corrected chi connectivity index (χ1v) is 7.92. The van der Waals surface area contributed by atoms with E-state index in [0.29, 0.717) is 0 Å². The fourth-order valence-electron chi connectivity index (χ4n) is 2.18. The average Bonchev–Trinajstić information content (AvgIpc) is 3.14. The summed E-state index contributed by atoms with van der Waals surface area (Å²) in [7, 11) is -4.87. The Kier molecular flexibility index (Phi) is 4.91. The summed E-state index contributed by atoms with van der Waals surface area (Å²) in [6, 6.07) is 0. The van der Waals surface area contributed by atoms with Crippen LogP contribution < -0.4 is 11.1 Å². The van der Waals surface area contributed by atoms with Crippen LogP contribution in [0.15, 0.2) is 6.20 Å². The maximum atomic E-state index is 11.3. The summed E-state index contributed by atoms with van der Waals surface area (Å²) in [4.78, 5) is 40.7. The molecular weight excluding hydrogens is 351 g/mol. The molecule has 6 atom stereocenters. The highest BCUT2D eigenvalue weighted by Gasteiger charge is 2.49. The predicted octanol–water partition coefficient (Wildman–Crippen LogP) is -3.15. The summed E-state index contributed by atoms with van der Waals surface area (Å²) in [6.07, 6.45) is -6.66. The minimum atomic E-state index is -4.87. The van der Waals surface area contributed by atoms with Crippen molar-refractivity contribution in [2.24, 2.45) is 5.73 Å². The number of H-pyrrole nitrogens is 1. The second-order valence-corrected chi connectivity index (χ2v) is 5.98. The molecule has 1 saturated heterocycles. The molecule has 1 aromatic rings. The SMILES string of the molecule is [2H]OP(=O)(O)OC(NC=O)[C@H]1O[C@@H](c2ncc(C(N)=O)[nH]2)[C@H](O)[C@@H]1O. The third-order valence-corrected chi connectivity index (χ3v) is 3.70. The number of carbonyl (C=O) groups excluding carboxylic acids is 2. The number of phosphoric ester groups is 1. The predicted molar refractivity (Wildman–Crippen MR) is 72.8 cm³/mol.